The molecule has 0 N–H and O–H groups in total. The lowest BCUT2D eigenvalue weighted by Crippen LogP contribution is -2.14. The van der Waals surface area contributed by atoms with Gasteiger partial charge in [0.1, 0.15) is 13.2 Å². The molecule has 0 aliphatic heterocycles. The summed E-state index contributed by atoms with van der Waals surface area (Å²) in [4.78, 5) is 10.7. The van der Waals surface area contributed by atoms with Crippen LogP contribution in [0.4, 0.5) is 0 Å². The minimum absolute atomic E-state index is 0.0306. The second-order valence-corrected chi connectivity index (χ2v) is 2.06. The second-order valence-electron chi connectivity index (χ2n) is 2.06. The Balaban J connectivity index is 3.17. The molecule has 0 aromatic carbocycles. The number of ether oxygens (including phenoxy) is 2. The van der Waals surface area contributed by atoms with E-state index in [2.05, 4.69) is 4.74 Å². The number of carbonyl (C=O) groups is 1. The van der Waals surface area contributed by atoms with Crippen LogP contribution in [-0.2, 0) is 14.3 Å². The molecule has 3 heteroatoms. The van der Waals surface area contributed by atoms with Crippen molar-refractivity contribution in [3.8, 4) is 0 Å². The van der Waals surface area contributed by atoms with Crippen LogP contribution in [0.15, 0.2) is 12.2 Å². The van der Waals surface area contributed by atoms with Gasteiger partial charge in [-0.1, -0.05) is 12.2 Å². The standard InChI is InChI=1S/C8H14O3/c1-3-4-5-11-7-8(9)6-10-2/h3-4H,5-7H2,1-2H3/b4-3+. The summed E-state index contributed by atoms with van der Waals surface area (Å²) in [5, 5.41) is 0. The first-order valence-electron chi connectivity index (χ1n) is 3.50. The molecule has 0 saturated carbocycles. The first kappa shape index (κ1) is 10.3. The van der Waals surface area contributed by atoms with E-state index in [-0.39, 0.29) is 19.0 Å². The molecule has 0 amide bonds. The van der Waals surface area contributed by atoms with E-state index in [1.165, 1.54) is 7.11 Å². The molecule has 0 fully saturated rings. The molecular formula is C8H14O3. The average Bonchev–Trinajstić information content (AvgIpc) is 1.99. The summed E-state index contributed by atoms with van der Waals surface area (Å²) in [6.45, 7) is 2.67. The Kier molecular flexibility index (Phi) is 6.98. The van der Waals surface area contributed by atoms with Crippen LogP contribution in [0.3, 0.4) is 0 Å². The van der Waals surface area contributed by atoms with Crippen molar-refractivity contribution in [2.24, 2.45) is 0 Å². The number of hydrogen-bond acceptors (Lipinski definition) is 3. The van der Waals surface area contributed by atoms with Gasteiger partial charge in [0.05, 0.1) is 6.61 Å². The van der Waals surface area contributed by atoms with E-state index in [1.807, 2.05) is 19.1 Å². The van der Waals surface area contributed by atoms with Gasteiger partial charge in [0, 0.05) is 7.11 Å². The monoisotopic (exact) mass is 158 g/mol. The lowest BCUT2D eigenvalue weighted by Gasteiger charge is -1.98. The lowest BCUT2D eigenvalue weighted by atomic mass is 10.4. The van der Waals surface area contributed by atoms with Gasteiger partial charge >= 0.3 is 0 Å². The van der Waals surface area contributed by atoms with Gasteiger partial charge in [-0.05, 0) is 6.92 Å². The fourth-order valence-corrected chi connectivity index (χ4v) is 0.540. The zero-order valence-corrected chi connectivity index (χ0v) is 7.00. The van der Waals surface area contributed by atoms with Crippen molar-refractivity contribution in [2.45, 2.75) is 6.92 Å². The van der Waals surface area contributed by atoms with Crippen LogP contribution >= 0.6 is 0 Å². The molecule has 0 rings (SSSR count). The SMILES string of the molecule is C/C=C/COCC(=O)COC. The van der Waals surface area contributed by atoms with Crippen LogP contribution in [0, 0.1) is 0 Å². The van der Waals surface area contributed by atoms with Gasteiger partial charge in [-0.2, -0.15) is 0 Å². The third-order valence-electron chi connectivity index (χ3n) is 1.02. The maximum absolute atomic E-state index is 10.7. The highest BCUT2D eigenvalue weighted by Crippen LogP contribution is 1.80. The number of rotatable bonds is 6. The van der Waals surface area contributed by atoms with E-state index in [0.717, 1.165) is 0 Å². The third-order valence-corrected chi connectivity index (χ3v) is 1.02. The summed E-state index contributed by atoms with van der Waals surface area (Å²) in [6, 6.07) is 0. The summed E-state index contributed by atoms with van der Waals surface area (Å²) in [5.41, 5.74) is 0. The topological polar surface area (TPSA) is 35.5 Å². The second kappa shape index (κ2) is 7.44. The molecule has 0 spiro atoms. The van der Waals surface area contributed by atoms with E-state index >= 15 is 0 Å². The number of Topliss-reactive ketones (excluding diaryl/α,β-unsaturated/α-hetero) is 1. The van der Waals surface area contributed by atoms with Crippen molar-refractivity contribution in [3.63, 3.8) is 0 Å². The van der Waals surface area contributed by atoms with Crippen LogP contribution in [-0.4, -0.2) is 32.7 Å². The Morgan fingerprint density at radius 1 is 1.45 bits per heavy atom. The molecule has 0 unspecified atom stereocenters. The molecule has 11 heavy (non-hydrogen) atoms. The van der Waals surface area contributed by atoms with Gasteiger partial charge in [-0.15, -0.1) is 0 Å². The van der Waals surface area contributed by atoms with Crippen LogP contribution in [0.2, 0.25) is 0 Å². The predicted octanol–water partition coefficient (Wildman–Crippen LogP) is 0.795. The van der Waals surface area contributed by atoms with Gasteiger partial charge in [0.25, 0.3) is 0 Å². The quantitative estimate of drug-likeness (QED) is 0.423. The zero-order chi connectivity index (χ0) is 8.53. The van der Waals surface area contributed by atoms with E-state index < -0.39 is 0 Å². The number of ketones is 1. The Morgan fingerprint density at radius 3 is 2.73 bits per heavy atom. The molecular weight excluding hydrogens is 144 g/mol. The van der Waals surface area contributed by atoms with Gasteiger partial charge < -0.3 is 9.47 Å². The summed E-state index contributed by atoms with van der Waals surface area (Å²) < 4.78 is 9.59. The number of methoxy groups -OCH3 is 1. The highest BCUT2D eigenvalue weighted by molar-refractivity contribution is 5.80. The van der Waals surface area contributed by atoms with Crippen molar-refractivity contribution in [1.29, 1.82) is 0 Å². The van der Waals surface area contributed by atoms with Crippen LogP contribution in [0.1, 0.15) is 6.92 Å². The van der Waals surface area contributed by atoms with Crippen molar-refractivity contribution in [3.05, 3.63) is 12.2 Å². The Morgan fingerprint density at radius 2 is 2.18 bits per heavy atom. The molecule has 0 aromatic heterocycles. The van der Waals surface area contributed by atoms with Crippen molar-refractivity contribution in [2.75, 3.05) is 26.9 Å². The van der Waals surface area contributed by atoms with Crippen LogP contribution in [0.5, 0.6) is 0 Å². The zero-order valence-electron chi connectivity index (χ0n) is 7.00. The van der Waals surface area contributed by atoms with Crippen LogP contribution < -0.4 is 0 Å². The summed E-state index contributed by atoms with van der Waals surface area (Å²) in [7, 11) is 1.49. The molecule has 0 radical (unpaired) electrons. The third kappa shape index (κ3) is 7.22. The molecule has 3 nitrogen and oxygen atoms in total. The van der Waals surface area contributed by atoms with Crippen molar-refractivity contribution < 1.29 is 14.3 Å². The molecule has 0 atom stereocenters. The Bertz CT molecular complexity index is 129. The van der Waals surface area contributed by atoms with Gasteiger partial charge in [0.15, 0.2) is 5.78 Å². The maximum atomic E-state index is 10.7. The molecule has 0 aliphatic carbocycles. The molecule has 0 aromatic rings. The minimum Gasteiger partial charge on any atom is -0.377 e. The lowest BCUT2D eigenvalue weighted by molar-refractivity contribution is -0.126. The minimum atomic E-state index is -0.0306. The fourth-order valence-electron chi connectivity index (χ4n) is 0.540. The highest BCUT2D eigenvalue weighted by Gasteiger charge is 1.98. The van der Waals surface area contributed by atoms with E-state index in [9.17, 15) is 4.79 Å². The average molecular weight is 158 g/mol. The molecule has 0 heterocycles. The Labute approximate surface area is 67.0 Å². The number of allylic oxidation sites excluding steroid dienone is 1. The Hall–Kier alpha value is -0.670. The molecule has 0 aliphatic rings. The molecule has 0 saturated heterocycles. The van der Waals surface area contributed by atoms with E-state index in [0.29, 0.717) is 6.61 Å². The van der Waals surface area contributed by atoms with Crippen molar-refractivity contribution in [1.82, 2.24) is 0 Å². The fraction of sp³-hybridized carbons (Fsp3) is 0.625. The normalized spacial score (nSPS) is 10.7. The highest BCUT2D eigenvalue weighted by atomic mass is 16.5. The summed E-state index contributed by atoms with van der Waals surface area (Å²) >= 11 is 0. The first-order chi connectivity index (χ1) is 5.31. The molecule has 0 bridgehead atoms. The maximum Gasteiger partial charge on any atom is 0.183 e. The number of hydrogen-bond donors (Lipinski definition) is 0. The molecule has 64 valence electrons. The summed E-state index contributed by atoms with van der Waals surface area (Å²) in [5.74, 6) is -0.0306. The van der Waals surface area contributed by atoms with Crippen molar-refractivity contribution >= 4 is 5.78 Å². The number of carbonyl (C=O) groups excluding carboxylic acids is 1. The van der Waals surface area contributed by atoms with E-state index in [1.54, 1.807) is 0 Å². The van der Waals surface area contributed by atoms with Gasteiger partial charge in [0.2, 0.25) is 0 Å². The smallest absolute Gasteiger partial charge is 0.183 e. The van der Waals surface area contributed by atoms with E-state index in [4.69, 9.17) is 4.74 Å². The first-order valence-corrected chi connectivity index (χ1v) is 3.50. The van der Waals surface area contributed by atoms with Crippen LogP contribution in [0.25, 0.3) is 0 Å². The van der Waals surface area contributed by atoms with Gasteiger partial charge in [-0.3, -0.25) is 4.79 Å². The van der Waals surface area contributed by atoms with Gasteiger partial charge in [-0.25, -0.2) is 0 Å². The summed E-state index contributed by atoms with van der Waals surface area (Å²) in [6.07, 6.45) is 3.72. The largest absolute Gasteiger partial charge is 0.377 e. The predicted molar refractivity (Wildman–Crippen MR) is 42.5 cm³/mol.